The van der Waals surface area contributed by atoms with Crippen molar-refractivity contribution in [2.45, 2.75) is 50.6 Å². The van der Waals surface area contributed by atoms with Crippen LogP contribution in [-0.4, -0.2) is 59.7 Å². The van der Waals surface area contributed by atoms with Crippen molar-refractivity contribution in [3.8, 4) is 0 Å². The topological polar surface area (TPSA) is 78.8 Å². The van der Waals surface area contributed by atoms with Gasteiger partial charge in [-0.15, -0.1) is 0 Å². The molecule has 0 radical (unpaired) electrons. The first-order valence-corrected chi connectivity index (χ1v) is 9.79. The van der Waals surface area contributed by atoms with Gasteiger partial charge in [-0.2, -0.15) is 0 Å². The first-order valence-electron chi connectivity index (χ1n) is 9.79. The summed E-state index contributed by atoms with van der Waals surface area (Å²) in [5.74, 6) is -0.0816. The molecule has 2 aliphatic heterocycles. The van der Waals surface area contributed by atoms with Gasteiger partial charge < -0.3 is 14.1 Å². The van der Waals surface area contributed by atoms with Gasteiger partial charge in [0.05, 0.1) is 12.6 Å². The minimum atomic E-state index is -0.403. The van der Waals surface area contributed by atoms with Gasteiger partial charge in [-0.3, -0.25) is 9.88 Å². The molecule has 146 valence electrons. The quantitative estimate of drug-likeness (QED) is 0.876. The Morgan fingerprint density at radius 2 is 2.07 bits per heavy atom. The summed E-state index contributed by atoms with van der Waals surface area (Å²) in [4.78, 5) is 30.8. The zero-order valence-corrected chi connectivity index (χ0v) is 15.9. The number of methoxy groups -OCH3 is 1. The van der Waals surface area contributed by atoms with Crippen LogP contribution in [0, 0.1) is 0 Å². The maximum Gasteiger partial charge on any atom is 0.417 e. The minimum absolute atomic E-state index is 0.130. The summed E-state index contributed by atoms with van der Waals surface area (Å²) in [7, 11) is 1.45. The molecular formula is C20H27N3O4. The Hall–Kier alpha value is -2.28. The van der Waals surface area contributed by atoms with Gasteiger partial charge >= 0.3 is 11.8 Å². The van der Waals surface area contributed by atoms with Crippen LogP contribution < -0.4 is 5.76 Å². The van der Waals surface area contributed by atoms with E-state index in [0.29, 0.717) is 17.5 Å². The number of benzene rings is 1. The van der Waals surface area contributed by atoms with E-state index in [1.807, 2.05) is 17.0 Å². The van der Waals surface area contributed by atoms with Crippen LogP contribution in [0.4, 0.5) is 4.79 Å². The van der Waals surface area contributed by atoms with Crippen LogP contribution in [0.15, 0.2) is 27.4 Å². The Morgan fingerprint density at radius 1 is 1.26 bits per heavy atom. The summed E-state index contributed by atoms with van der Waals surface area (Å²) in [5, 5.41) is 0. The third-order valence-corrected chi connectivity index (χ3v) is 6.20. The van der Waals surface area contributed by atoms with Crippen molar-refractivity contribution < 1.29 is 13.9 Å². The van der Waals surface area contributed by atoms with Gasteiger partial charge in [0.25, 0.3) is 0 Å². The fourth-order valence-corrected chi connectivity index (χ4v) is 4.86. The third kappa shape index (κ3) is 3.36. The Balaban J connectivity index is 1.55. The number of carbonyl (C=O) groups is 1. The van der Waals surface area contributed by atoms with E-state index in [1.165, 1.54) is 7.11 Å². The number of piperidine rings is 2. The summed E-state index contributed by atoms with van der Waals surface area (Å²) in [6.45, 7) is 4.83. The molecule has 1 N–H and O–H groups in total. The largest absolute Gasteiger partial charge is 0.453 e. The number of H-pyrrole nitrogens is 1. The molecule has 1 unspecified atom stereocenters. The smallest absolute Gasteiger partial charge is 0.417 e. The molecule has 3 atom stereocenters. The second-order valence-electron chi connectivity index (χ2n) is 7.69. The maximum atomic E-state index is 12.1. The van der Waals surface area contributed by atoms with Crippen molar-refractivity contribution in [3.63, 3.8) is 0 Å². The number of nitrogens with zero attached hydrogens (tertiary/aromatic N) is 2. The van der Waals surface area contributed by atoms with Gasteiger partial charge in [-0.1, -0.05) is 12.1 Å². The molecule has 2 fully saturated rings. The summed E-state index contributed by atoms with van der Waals surface area (Å²) in [6.07, 6.45) is 4.02. The predicted octanol–water partition coefficient (Wildman–Crippen LogP) is 2.92. The molecule has 7 nitrogen and oxygen atoms in total. The number of nitrogens with one attached hydrogen (secondary N) is 1. The first kappa shape index (κ1) is 18.1. The lowest BCUT2D eigenvalue weighted by Crippen LogP contribution is -2.57. The Labute approximate surface area is 158 Å². The standard InChI is InChI=1S/C20H27N3O4/c1-13-17(9-5-11-23(13)20(25)26-2)22-10-4-6-14(12-22)15-7-3-8-16-18(15)27-19(24)21-16/h3,7-8,13-14,17H,4-6,9-12H2,1-2H3,(H,21,24)/t13?,14-,17-/m0/s1. The number of oxazole rings is 1. The Morgan fingerprint density at radius 3 is 2.89 bits per heavy atom. The van der Waals surface area contributed by atoms with Crippen molar-refractivity contribution >= 4 is 17.2 Å². The highest BCUT2D eigenvalue weighted by atomic mass is 16.5. The molecule has 1 amide bonds. The second-order valence-corrected chi connectivity index (χ2v) is 7.69. The lowest BCUT2D eigenvalue weighted by molar-refractivity contribution is 0.0293. The van der Waals surface area contributed by atoms with Crippen molar-refractivity contribution in [2.24, 2.45) is 0 Å². The van der Waals surface area contributed by atoms with Gasteiger partial charge in [-0.25, -0.2) is 9.59 Å². The number of carbonyl (C=O) groups excluding carboxylic acids is 1. The molecule has 0 aliphatic carbocycles. The number of ether oxygens (including phenoxy) is 1. The molecule has 1 aromatic heterocycles. The van der Waals surface area contributed by atoms with E-state index in [9.17, 15) is 9.59 Å². The molecule has 1 aromatic carbocycles. The number of amides is 1. The van der Waals surface area contributed by atoms with Gasteiger partial charge in [0.2, 0.25) is 0 Å². The molecule has 2 saturated heterocycles. The van der Waals surface area contributed by atoms with Crippen LogP contribution >= 0.6 is 0 Å². The molecule has 3 heterocycles. The number of aromatic nitrogens is 1. The van der Waals surface area contributed by atoms with E-state index < -0.39 is 5.76 Å². The summed E-state index contributed by atoms with van der Waals surface area (Å²) < 4.78 is 10.4. The summed E-state index contributed by atoms with van der Waals surface area (Å²) >= 11 is 0. The molecule has 7 heteroatoms. The summed E-state index contributed by atoms with van der Waals surface area (Å²) in [5.41, 5.74) is 2.54. The van der Waals surface area contributed by atoms with Crippen LogP contribution in [0.5, 0.6) is 0 Å². The van der Waals surface area contributed by atoms with Crippen LogP contribution in [-0.2, 0) is 4.74 Å². The highest BCUT2D eigenvalue weighted by Crippen LogP contribution is 2.34. The number of hydrogen-bond acceptors (Lipinski definition) is 5. The number of hydrogen-bond donors (Lipinski definition) is 1. The number of rotatable bonds is 2. The van der Waals surface area contributed by atoms with E-state index >= 15 is 0 Å². The average molecular weight is 373 g/mol. The first-order chi connectivity index (χ1) is 13.1. The molecular weight excluding hydrogens is 346 g/mol. The van der Waals surface area contributed by atoms with Crippen LogP contribution in [0.25, 0.3) is 11.1 Å². The monoisotopic (exact) mass is 373 g/mol. The van der Waals surface area contributed by atoms with Crippen molar-refractivity contribution in [3.05, 3.63) is 34.3 Å². The zero-order valence-electron chi connectivity index (χ0n) is 15.9. The molecule has 27 heavy (non-hydrogen) atoms. The second kappa shape index (κ2) is 7.38. The highest BCUT2D eigenvalue weighted by molar-refractivity contribution is 5.76. The SMILES string of the molecule is COC(=O)N1CCC[C@H](N2CCC[C@H](c3cccc4[nH]c(=O)oc34)C2)C1C. The maximum absolute atomic E-state index is 12.1. The molecule has 2 aromatic rings. The molecule has 0 spiro atoms. The van der Waals surface area contributed by atoms with E-state index in [1.54, 1.807) is 0 Å². The molecule has 2 aliphatic rings. The third-order valence-electron chi connectivity index (χ3n) is 6.20. The Kier molecular flexibility index (Phi) is 4.95. The Bertz CT molecular complexity index is 873. The fourth-order valence-electron chi connectivity index (χ4n) is 4.86. The molecule has 0 bridgehead atoms. The van der Waals surface area contributed by atoms with E-state index in [0.717, 1.165) is 56.4 Å². The van der Waals surface area contributed by atoms with E-state index in [-0.39, 0.29) is 12.1 Å². The highest BCUT2D eigenvalue weighted by Gasteiger charge is 2.37. The van der Waals surface area contributed by atoms with Gasteiger partial charge in [0, 0.05) is 36.7 Å². The number of fused-ring (bicyclic) bond motifs is 1. The lowest BCUT2D eigenvalue weighted by atomic mass is 9.87. The number of para-hydroxylation sites is 1. The zero-order chi connectivity index (χ0) is 19.0. The minimum Gasteiger partial charge on any atom is -0.453 e. The average Bonchev–Trinajstić information content (AvgIpc) is 3.07. The van der Waals surface area contributed by atoms with Gasteiger partial charge in [0.1, 0.15) is 0 Å². The van der Waals surface area contributed by atoms with Crippen LogP contribution in [0.1, 0.15) is 44.1 Å². The van der Waals surface area contributed by atoms with Crippen molar-refractivity contribution in [1.29, 1.82) is 0 Å². The molecule has 0 saturated carbocycles. The fraction of sp³-hybridized carbons (Fsp3) is 0.600. The van der Waals surface area contributed by atoms with Gasteiger partial charge in [-0.05, 0) is 45.2 Å². The summed E-state index contributed by atoms with van der Waals surface area (Å²) in [6, 6.07) is 6.38. The van der Waals surface area contributed by atoms with Gasteiger partial charge in [0.15, 0.2) is 5.58 Å². The molecule has 4 rings (SSSR count). The van der Waals surface area contributed by atoms with Crippen LogP contribution in [0.3, 0.4) is 0 Å². The van der Waals surface area contributed by atoms with Crippen molar-refractivity contribution in [2.75, 3.05) is 26.7 Å². The van der Waals surface area contributed by atoms with Crippen molar-refractivity contribution in [1.82, 2.24) is 14.8 Å². The predicted molar refractivity (Wildman–Crippen MR) is 102 cm³/mol. The van der Waals surface area contributed by atoms with E-state index in [2.05, 4.69) is 22.9 Å². The normalized spacial score (nSPS) is 27.0. The number of likely N-dealkylation sites (tertiary alicyclic amines) is 2. The number of aromatic amines is 1. The van der Waals surface area contributed by atoms with E-state index in [4.69, 9.17) is 9.15 Å². The lowest BCUT2D eigenvalue weighted by Gasteiger charge is -2.46. The van der Waals surface area contributed by atoms with Crippen LogP contribution in [0.2, 0.25) is 0 Å².